The number of methoxy groups -OCH3 is 1. The van der Waals surface area contributed by atoms with E-state index < -0.39 is 41.9 Å². The van der Waals surface area contributed by atoms with Crippen LogP contribution in [0.1, 0.15) is 49.1 Å². The molecule has 4 nitrogen and oxygen atoms in total. The molecule has 36 heavy (non-hydrogen) atoms. The van der Waals surface area contributed by atoms with E-state index in [1.807, 2.05) is 6.07 Å². The summed E-state index contributed by atoms with van der Waals surface area (Å²) in [6, 6.07) is 11.6. The zero-order valence-corrected chi connectivity index (χ0v) is 20.6. The van der Waals surface area contributed by atoms with Crippen LogP contribution in [0.2, 0.25) is 0 Å². The van der Waals surface area contributed by atoms with E-state index in [-0.39, 0.29) is 19.4 Å². The standard InChI is InChI=1S/C26H29F6N3O/c1-18-5-10-21(16-34-18)22(2,3)35-14-13-23(17-35,12-11-19-6-8-20(15-33)9-7-19)24(36-4,25(27,28)29)26(30,31)32/h5-10,16H,11-14,17H2,1-4H3. The normalized spacial score (nSPS) is 19.9. The molecule has 1 fully saturated rings. The zero-order chi connectivity index (χ0) is 27.0. The van der Waals surface area contributed by atoms with Crippen molar-refractivity contribution in [2.24, 2.45) is 5.41 Å². The summed E-state index contributed by atoms with van der Waals surface area (Å²) in [6.45, 7) is 4.88. The highest BCUT2D eigenvalue weighted by molar-refractivity contribution is 5.32. The van der Waals surface area contributed by atoms with Gasteiger partial charge in [-0.15, -0.1) is 0 Å². The summed E-state index contributed by atoms with van der Waals surface area (Å²) >= 11 is 0. The van der Waals surface area contributed by atoms with Crippen LogP contribution >= 0.6 is 0 Å². The van der Waals surface area contributed by atoms with Gasteiger partial charge in [0, 0.05) is 36.5 Å². The van der Waals surface area contributed by atoms with Crippen LogP contribution in [-0.2, 0) is 16.7 Å². The van der Waals surface area contributed by atoms with Crippen molar-refractivity contribution >= 4 is 0 Å². The Bertz CT molecular complexity index is 1070. The van der Waals surface area contributed by atoms with Gasteiger partial charge in [0.2, 0.25) is 0 Å². The Kier molecular flexibility index (Phi) is 7.51. The molecule has 1 aromatic carbocycles. The molecule has 0 N–H and O–H groups in total. The van der Waals surface area contributed by atoms with Crippen molar-refractivity contribution in [3.63, 3.8) is 0 Å². The first-order chi connectivity index (χ1) is 16.6. The molecule has 1 aromatic heterocycles. The molecule has 0 amide bonds. The Balaban J connectivity index is 2.07. The fraction of sp³-hybridized carbons (Fsp3) is 0.538. The lowest BCUT2D eigenvalue weighted by molar-refractivity contribution is -0.409. The van der Waals surface area contributed by atoms with Crippen molar-refractivity contribution in [3.8, 4) is 6.07 Å². The van der Waals surface area contributed by atoms with Gasteiger partial charge in [0.15, 0.2) is 0 Å². The molecule has 2 heterocycles. The van der Waals surface area contributed by atoms with Gasteiger partial charge in [0.25, 0.3) is 5.60 Å². The minimum absolute atomic E-state index is 0.0194. The van der Waals surface area contributed by atoms with Crippen molar-refractivity contribution < 1.29 is 31.1 Å². The molecule has 1 saturated heterocycles. The smallest absolute Gasteiger partial charge is 0.361 e. The number of rotatable bonds is 7. The van der Waals surface area contributed by atoms with Gasteiger partial charge in [-0.3, -0.25) is 9.88 Å². The van der Waals surface area contributed by atoms with E-state index >= 15 is 0 Å². The van der Waals surface area contributed by atoms with Gasteiger partial charge in [-0.2, -0.15) is 31.6 Å². The second-order valence-electron chi connectivity index (χ2n) is 9.89. The highest BCUT2D eigenvalue weighted by atomic mass is 19.4. The molecule has 1 unspecified atom stereocenters. The Labute approximate surface area is 206 Å². The number of nitriles is 1. The molecular weight excluding hydrogens is 484 g/mol. The van der Waals surface area contributed by atoms with Gasteiger partial charge in [0.05, 0.1) is 11.6 Å². The number of pyridine rings is 1. The van der Waals surface area contributed by atoms with E-state index in [0.717, 1.165) is 5.69 Å². The highest BCUT2D eigenvalue weighted by Gasteiger charge is 2.81. The first-order valence-electron chi connectivity index (χ1n) is 11.5. The average Bonchev–Trinajstić information content (AvgIpc) is 3.23. The number of ether oxygens (including phenoxy) is 1. The molecule has 2 aromatic rings. The number of aromatic nitrogens is 1. The van der Waals surface area contributed by atoms with Gasteiger partial charge < -0.3 is 4.74 Å². The Morgan fingerprint density at radius 2 is 1.64 bits per heavy atom. The summed E-state index contributed by atoms with van der Waals surface area (Å²) in [7, 11) is 0.488. The molecule has 196 valence electrons. The van der Waals surface area contributed by atoms with Crippen LogP contribution in [0.3, 0.4) is 0 Å². The van der Waals surface area contributed by atoms with Gasteiger partial charge in [-0.05, 0) is 75.9 Å². The molecule has 0 spiro atoms. The molecule has 0 bridgehead atoms. The summed E-state index contributed by atoms with van der Waals surface area (Å²) in [4.78, 5) is 5.91. The summed E-state index contributed by atoms with van der Waals surface area (Å²) < 4.78 is 91.4. The van der Waals surface area contributed by atoms with Crippen molar-refractivity contribution in [2.45, 2.75) is 63.5 Å². The number of aryl methyl sites for hydroxylation is 2. The number of hydrogen-bond donors (Lipinski definition) is 0. The van der Waals surface area contributed by atoms with Crippen molar-refractivity contribution in [3.05, 3.63) is 65.0 Å². The van der Waals surface area contributed by atoms with Crippen LogP contribution in [-0.4, -0.2) is 48.0 Å². The SMILES string of the molecule is COC(C(F)(F)F)(C(F)(F)F)C1(CCc2ccc(C#N)cc2)CCN(C(C)(C)c2ccc(C)nc2)C1. The van der Waals surface area contributed by atoms with Crippen molar-refractivity contribution in [2.75, 3.05) is 20.2 Å². The van der Waals surface area contributed by atoms with Crippen LogP contribution in [0, 0.1) is 23.7 Å². The Morgan fingerprint density at radius 3 is 2.11 bits per heavy atom. The zero-order valence-electron chi connectivity index (χ0n) is 20.6. The second-order valence-corrected chi connectivity index (χ2v) is 9.89. The Morgan fingerprint density at radius 1 is 1.03 bits per heavy atom. The quantitative estimate of drug-likeness (QED) is 0.406. The number of halogens is 6. The van der Waals surface area contributed by atoms with Crippen LogP contribution in [0.15, 0.2) is 42.6 Å². The first-order valence-corrected chi connectivity index (χ1v) is 11.5. The minimum atomic E-state index is -5.70. The number of likely N-dealkylation sites (tertiary alicyclic amines) is 1. The fourth-order valence-electron chi connectivity index (χ4n) is 5.37. The molecule has 3 rings (SSSR count). The predicted octanol–water partition coefficient (Wildman–Crippen LogP) is 6.33. The molecule has 0 saturated carbocycles. The lowest BCUT2D eigenvalue weighted by Gasteiger charge is -2.49. The van der Waals surface area contributed by atoms with Crippen LogP contribution in [0.5, 0.6) is 0 Å². The molecule has 10 heteroatoms. The van der Waals surface area contributed by atoms with E-state index in [9.17, 15) is 26.3 Å². The van der Waals surface area contributed by atoms with Crippen molar-refractivity contribution in [1.29, 1.82) is 5.26 Å². The molecule has 1 atom stereocenters. The number of nitrogens with zero attached hydrogens (tertiary/aromatic N) is 3. The Hall–Kier alpha value is -2.64. The summed E-state index contributed by atoms with van der Waals surface area (Å²) in [6.07, 6.45) is -10.6. The lowest BCUT2D eigenvalue weighted by Crippen LogP contribution is -2.69. The number of alkyl halides is 6. The van der Waals surface area contributed by atoms with E-state index in [0.29, 0.717) is 23.8 Å². The van der Waals surface area contributed by atoms with E-state index in [4.69, 9.17) is 5.26 Å². The summed E-state index contributed by atoms with van der Waals surface area (Å²) in [5.41, 5.74) is -5.18. The van der Waals surface area contributed by atoms with Gasteiger partial charge in [-0.1, -0.05) is 18.2 Å². The van der Waals surface area contributed by atoms with Gasteiger partial charge in [-0.25, -0.2) is 0 Å². The molecular formula is C26H29F6N3O. The number of benzene rings is 1. The topological polar surface area (TPSA) is 49.1 Å². The molecule has 1 aliphatic rings. The third-order valence-electron chi connectivity index (χ3n) is 7.59. The second kappa shape index (κ2) is 9.67. The monoisotopic (exact) mass is 513 g/mol. The molecule has 1 aliphatic heterocycles. The molecule has 0 radical (unpaired) electrons. The molecule has 0 aliphatic carbocycles. The van der Waals surface area contributed by atoms with E-state index in [2.05, 4.69) is 9.72 Å². The fourth-order valence-corrected chi connectivity index (χ4v) is 5.37. The van der Waals surface area contributed by atoms with Gasteiger partial charge in [0.1, 0.15) is 0 Å². The predicted molar refractivity (Wildman–Crippen MR) is 122 cm³/mol. The van der Waals surface area contributed by atoms with Crippen molar-refractivity contribution in [1.82, 2.24) is 9.88 Å². The third-order valence-corrected chi connectivity index (χ3v) is 7.59. The van der Waals surface area contributed by atoms with E-state index in [1.165, 1.54) is 12.1 Å². The van der Waals surface area contributed by atoms with Crippen LogP contribution in [0.25, 0.3) is 0 Å². The maximum absolute atomic E-state index is 14.5. The van der Waals surface area contributed by atoms with Crippen LogP contribution in [0.4, 0.5) is 26.3 Å². The average molecular weight is 514 g/mol. The van der Waals surface area contributed by atoms with E-state index in [1.54, 1.807) is 56.1 Å². The highest BCUT2D eigenvalue weighted by Crippen LogP contribution is 2.61. The lowest BCUT2D eigenvalue weighted by atomic mass is 9.66. The number of hydrogen-bond acceptors (Lipinski definition) is 4. The largest absolute Gasteiger partial charge is 0.427 e. The minimum Gasteiger partial charge on any atom is -0.361 e. The van der Waals surface area contributed by atoms with Crippen LogP contribution < -0.4 is 0 Å². The first kappa shape index (κ1) is 27.9. The summed E-state index contributed by atoms with van der Waals surface area (Å²) in [5.74, 6) is 0. The maximum atomic E-state index is 14.5. The summed E-state index contributed by atoms with van der Waals surface area (Å²) in [5, 5.41) is 8.98. The third kappa shape index (κ3) is 4.71. The van der Waals surface area contributed by atoms with Gasteiger partial charge >= 0.3 is 12.4 Å². The maximum Gasteiger partial charge on any atom is 0.427 e.